The molecule has 1 aliphatic heterocycles. The predicted octanol–water partition coefficient (Wildman–Crippen LogP) is 3.24. The fraction of sp³-hybridized carbons (Fsp3) is 0.318. The molecular weight excluding hydrogens is 350 g/mol. The van der Waals surface area contributed by atoms with E-state index < -0.39 is 0 Å². The van der Waals surface area contributed by atoms with E-state index in [0.717, 1.165) is 43.3 Å². The third-order valence-electron chi connectivity index (χ3n) is 5.16. The van der Waals surface area contributed by atoms with Gasteiger partial charge in [-0.3, -0.25) is 9.88 Å². The van der Waals surface area contributed by atoms with E-state index in [1.165, 1.54) is 5.56 Å². The van der Waals surface area contributed by atoms with Crippen molar-refractivity contribution >= 4 is 5.82 Å². The van der Waals surface area contributed by atoms with Gasteiger partial charge < -0.3 is 10.1 Å². The monoisotopic (exact) mass is 375 g/mol. The van der Waals surface area contributed by atoms with Gasteiger partial charge in [0, 0.05) is 39.0 Å². The van der Waals surface area contributed by atoms with Gasteiger partial charge in [0.1, 0.15) is 11.5 Å². The molecule has 28 heavy (non-hydrogen) atoms. The first kappa shape index (κ1) is 18.5. The Morgan fingerprint density at radius 1 is 1.00 bits per heavy atom. The molecule has 2 aromatic heterocycles. The molecule has 3 aromatic rings. The summed E-state index contributed by atoms with van der Waals surface area (Å²) in [7, 11) is 1.79. The SMILES string of the molecule is CO[C@H]1C[C@@H](CNc2ccc(-c3ccccn3)nn2)N(Cc2ccccc2)C1. The number of nitrogens with zero attached hydrogens (tertiary/aromatic N) is 4. The number of anilines is 1. The fourth-order valence-electron chi connectivity index (χ4n) is 3.63. The highest BCUT2D eigenvalue weighted by Crippen LogP contribution is 2.23. The van der Waals surface area contributed by atoms with Crippen molar-refractivity contribution in [2.45, 2.75) is 25.1 Å². The molecule has 0 aliphatic carbocycles. The van der Waals surface area contributed by atoms with Gasteiger partial charge in [-0.25, -0.2) is 0 Å². The number of benzene rings is 1. The van der Waals surface area contributed by atoms with Gasteiger partial charge in [0.2, 0.25) is 0 Å². The number of pyridine rings is 1. The maximum atomic E-state index is 5.62. The fourth-order valence-corrected chi connectivity index (χ4v) is 3.63. The van der Waals surface area contributed by atoms with E-state index in [1.54, 1.807) is 13.3 Å². The van der Waals surface area contributed by atoms with Crippen molar-refractivity contribution in [1.29, 1.82) is 0 Å². The Morgan fingerprint density at radius 3 is 2.57 bits per heavy atom. The van der Waals surface area contributed by atoms with Gasteiger partial charge in [0.15, 0.2) is 0 Å². The Morgan fingerprint density at radius 2 is 1.86 bits per heavy atom. The molecule has 1 saturated heterocycles. The second-order valence-electron chi connectivity index (χ2n) is 7.06. The Balaban J connectivity index is 1.38. The Kier molecular flexibility index (Phi) is 5.89. The van der Waals surface area contributed by atoms with Gasteiger partial charge in [0.25, 0.3) is 0 Å². The molecule has 144 valence electrons. The Bertz CT molecular complexity index is 857. The summed E-state index contributed by atoms with van der Waals surface area (Å²) in [6, 6.07) is 20.7. The van der Waals surface area contributed by atoms with Crippen LogP contribution in [0.3, 0.4) is 0 Å². The third kappa shape index (κ3) is 4.52. The maximum absolute atomic E-state index is 5.62. The van der Waals surface area contributed by atoms with E-state index in [9.17, 15) is 0 Å². The summed E-state index contributed by atoms with van der Waals surface area (Å²) < 4.78 is 5.62. The molecule has 1 aliphatic rings. The summed E-state index contributed by atoms with van der Waals surface area (Å²) in [5.74, 6) is 0.778. The van der Waals surface area contributed by atoms with Crippen molar-refractivity contribution in [3.8, 4) is 11.4 Å². The first-order valence-electron chi connectivity index (χ1n) is 9.61. The summed E-state index contributed by atoms with van der Waals surface area (Å²) in [6.45, 7) is 2.68. The minimum atomic E-state index is 0.271. The topological polar surface area (TPSA) is 63.2 Å². The van der Waals surface area contributed by atoms with Crippen LogP contribution in [0.4, 0.5) is 5.82 Å². The van der Waals surface area contributed by atoms with Crippen molar-refractivity contribution in [2.75, 3.05) is 25.5 Å². The molecule has 1 aromatic carbocycles. The molecule has 4 rings (SSSR count). The quantitative estimate of drug-likeness (QED) is 0.684. The Labute approximate surface area is 165 Å². The van der Waals surface area contributed by atoms with Gasteiger partial charge >= 0.3 is 0 Å². The lowest BCUT2D eigenvalue weighted by atomic mass is 10.1. The van der Waals surface area contributed by atoms with Crippen molar-refractivity contribution in [3.05, 3.63) is 72.4 Å². The van der Waals surface area contributed by atoms with Crippen molar-refractivity contribution in [1.82, 2.24) is 20.1 Å². The number of rotatable bonds is 7. The van der Waals surface area contributed by atoms with Gasteiger partial charge in [0.05, 0.1) is 11.8 Å². The van der Waals surface area contributed by atoms with E-state index in [1.807, 2.05) is 30.3 Å². The average Bonchev–Trinajstić information content (AvgIpc) is 3.16. The number of ether oxygens (including phenoxy) is 1. The van der Waals surface area contributed by atoms with Crippen LogP contribution in [0, 0.1) is 0 Å². The molecule has 1 N–H and O–H groups in total. The van der Waals surface area contributed by atoms with E-state index >= 15 is 0 Å². The lowest BCUT2D eigenvalue weighted by molar-refractivity contribution is 0.107. The minimum Gasteiger partial charge on any atom is -0.380 e. The molecule has 6 heteroatoms. The molecule has 0 amide bonds. The first-order chi connectivity index (χ1) is 13.8. The summed E-state index contributed by atoms with van der Waals surface area (Å²) >= 11 is 0. The van der Waals surface area contributed by atoms with Crippen LogP contribution in [0.15, 0.2) is 66.9 Å². The van der Waals surface area contributed by atoms with Crippen LogP contribution in [-0.2, 0) is 11.3 Å². The standard InChI is InChI=1S/C22H25N5O/c1-28-19-13-18(27(16-19)15-17-7-3-2-4-8-17)14-24-22-11-10-21(25-26-22)20-9-5-6-12-23-20/h2-12,18-19H,13-16H2,1H3,(H,24,26)/t18-,19-/m0/s1. The van der Waals surface area contributed by atoms with Crippen molar-refractivity contribution in [2.24, 2.45) is 0 Å². The Hall–Kier alpha value is -2.83. The zero-order chi connectivity index (χ0) is 19.2. The molecule has 0 unspecified atom stereocenters. The molecule has 0 spiro atoms. The zero-order valence-corrected chi connectivity index (χ0v) is 16.0. The number of likely N-dealkylation sites (tertiary alicyclic amines) is 1. The third-order valence-corrected chi connectivity index (χ3v) is 5.16. The van der Waals surface area contributed by atoms with Crippen LogP contribution in [0.25, 0.3) is 11.4 Å². The van der Waals surface area contributed by atoms with E-state index in [0.29, 0.717) is 6.04 Å². The molecule has 0 saturated carbocycles. The van der Waals surface area contributed by atoms with Gasteiger partial charge in [-0.05, 0) is 36.2 Å². The first-order valence-corrected chi connectivity index (χ1v) is 9.61. The summed E-state index contributed by atoms with van der Waals surface area (Å²) in [5, 5.41) is 12.0. The molecule has 6 nitrogen and oxygen atoms in total. The van der Waals surface area contributed by atoms with E-state index in [2.05, 4.69) is 55.7 Å². The second-order valence-corrected chi connectivity index (χ2v) is 7.06. The highest BCUT2D eigenvalue weighted by molar-refractivity contribution is 5.54. The van der Waals surface area contributed by atoms with Crippen LogP contribution in [0.1, 0.15) is 12.0 Å². The number of nitrogens with one attached hydrogen (secondary N) is 1. The highest BCUT2D eigenvalue weighted by Gasteiger charge is 2.31. The van der Waals surface area contributed by atoms with Crippen LogP contribution in [0.5, 0.6) is 0 Å². The lowest BCUT2D eigenvalue weighted by Gasteiger charge is -2.24. The van der Waals surface area contributed by atoms with Gasteiger partial charge in [-0.2, -0.15) is 0 Å². The van der Waals surface area contributed by atoms with E-state index in [-0.39, 0.29) is 6.10 Å². The van der Waals surface area contributed by atoms with Gasteiger partial charge in [-0.1, -0.05) is 36.4 Å². The maximum Gasteiger partial charge on any atom is 0.148 e. The van der Waals surface area contributed by atoms with Crippen molar-refractivity contribution < 1.29 is 4.74 Å². The molecule has 3 heterocycles. The molecular formula is C22H25N5O. The van der Waals surface area contributed by atoms with Crippen LogP contribution in [-0.4, -0.2) is 52.4 Å². The largest absolute Gasteiger partial charge is 0.380 e. The molecule has 0 bridgehead atoms. The highest BCUT2D eigenvalue weighted by atomic mass is 16.5. The van der Waals surface area contributed by atoms with Crippen LogP contribution in [0.2, 0.25) is 0 Å². The van der Waals surface area contributed by atoms with Crippen LogP contribution >= 0.6 is 0 Å². The predicted molar refractivity (Wildman–Crippen MR) is 110 cm³/mol. The number of aromatic nitrogens is 3. The summed E-state index contributed by atoms with van der Waals surface area (Å²) in [5.41, 5.74) is 2.93. The number of hydrogen-bond acceptors (Lipinski definition) is 6. The van der Waals surface area contributed by atoms with Crippen molar-refractivity contribution in [3.63, 3.8) is 0 Å². The smallest absolute Gasteiger partial charge is 0.148 e. The lowest BCUT2D eigenvalue weighted by Crippen LogP contribution is -2.34. The molecule has 2 atom stereocenters. The summed E-state index contributed by atoms with van der Waals surface area (Å²) in [4.78, 5) is 6.79. The minimum absolute atomic E-state index is 0.271. The van der Waals surface area contributed by atoms with Gasteiger partial charge in [-0.15, -0.1) is 10.2 Å². The van der Waals surface area contributed by atoms with Crippen LogP contribution < -0.4 is 5.32 Å². The number of methoxy groups -OCH3 is 1. The van der Waals surface area contributed by atoms with E-state index in [4.69, 9.17) is 4.74 Å². The summed E-state index contributed by atoms with van der Waals surface area (Å²) in [6.07, 6.45) is 3.04. The molecule has 1 fully saturated rings. The normalized spacial score (nSPS) is 19.6. The number of hydrogen-bond donors (Lipinski definition) is 1. The zero-order valence-electron chi connectivity index (χ0n) is 16.0. The average molecular weight is 375 g/mol. The second kappa shape index (κ2) is 8.91. The molecule has 0 radical (unpaired) electrons.